The maximum atomic E-state index is 11.5. The van der Waals surface area contributed by atoms with Gasteiger partial charge in [0.15, 0.2) is 0 Å². The molecular formula is C12H25N2O3. The summed E-state index contributed by atoms with van der Waals surface area (Å²) in [6.45, 7) is 7.50. The number of hydrogen-bond acceptors (Lipinski definition) is 4. The number of ether oxygens (including phenoxy) is 2. The van der Waals surface area contributed by atoms with E-state index in [1.165, 1.54) is 0 Å². The minimum atomic E-state index is 0.0684. The predicted molar refractivity (Wildman–Crippen MR) is 67.8 cm³/mol. The normalized spacial score (nSPS) is 10.9. The highest BCUT2D eigenvalue weighted by molar-refractivity contribution is 5.88. The molecule has 0 rings (SSSR count). The minimum absolute atomic E-state index is 0.0684. The van der Waals surface area contributed by atoms with Crippen molar-refractivity contribution in [3.8, 4) is 0 Å². The number of carbonyl (C=O) groups excluding carboxylic acids is 1. The van der Waals surface area contributed by atoms with Gasteiger partial charge in [0, 0.05) is 20.1 Å². The second-order valence-electron chi connectivity index (χ2n) is 4.06. The van der Waals surface area contributed by atoms with Gasteiger partial charge in [-0.1, -0.05) is 0 Å². The third kappa shape index (κ3) is 9.09. The fourth-order valence-electron chi connectivity index (χ4n) is 1.18. The third-order valence-corrected chi connectivity index (χ3v) is 2.21. The van der Waals surface area contributed by atoms with Crippen LogP contribution < -0.4 is 5.32 Å². The number of rotatable bonds is 10. The molecule has 17 heavy (non-hydrogen) atoms. The molecule has 1 radical (unpaired) electrons. The maximum absolute atomic E-state index is 11.5. The molecule has 0 aliphatic rings. The lowest BCUT2D eigenvalue weighted by atomic mass is 10.2. The van der Waals surface area contributed by atoms with Gasteiger partial charge in [-0.05, 0) is 20.9 Å². The molecule has 0 aliphatic heterocycles. The van der Waals surface area contributed by atoms with Crippen LogP contribution in [-0.2, 0) is 14.3 Å². The van der Waals surface area contributed by atoms with Crippen molar-refractivity contribution in [1.29, 1.82) is 0 Å². The van der Waals surface area contributed by atoms with Crippen LogP contribution >= 0.6 is 0 Å². The predicted octanol–water partition coefficient (Wildman–Crippen LogP) is 0.312. The van der Waals surface area contributed by atoms with E-state index in [9.17, 15) is 4.79 Å². The molecule has 0 saturated heterocycles. The van der Waals surface area contributed by atoms with Gasteiger partial charge >= 0.3 is 0 Å². The molecule has 5 heteroatoms. The molecule has 0 aliphatic carbocycles. The Morgan fingerprint density at radius 1 is 1.12 bits per heavy atom. The summed E-state index contributed by atoms with van der Waals surface area (Å²) in [5.74, 6) is 0.863. The van der Waals surface area contributed by atoms with Crippen LogP contribution in [-0.4, -0.2) is 64.4 Å². The highest BCUT2D eigenvalue weighted by atomic mass is 16.5. The van der Waals surface area contributed by atoms with Crippen molar-refractivity contribution in [2.75, 3.05) is 53.6 Å². The lowest BCUT2D eigenvalue weighted by Gasteiger charge is -2.18. The Morgan fingerprint density at radius 2 is 1.71 bits per heavy atom. The largest absolute Gasteiger partial charge is 0.378 e. The Morgan fingerprint density at radius 3 is 2.24 bits per heavy atom. The molecule has 5 nitrogen and oxygen atoms in total. The summed E-state index contributed by atoms with van der Waals surface area (Å²) in [7, 11) is 3.67. The fraction of sp³-hybridized carbons (Fsp3) is 0.833. The van der Waals surface area contributed by atoms with Gasteiger partial charge in [-0.2, -0.15) is 0 Å². The van der Waals surface area contributed by atoms with Gasteiger partial charge in [0.2, 0.25) is 5.91 Å². The Hall–Kier alpha value is -0.650. The van der Waals surface area contributed by atoms with Gasteiger partial charge < -0.3 is 19.7 Å². The monoisotopic (exact) mass is 245 g/mol. The summed E-state index contributed by atoms with van der Waals surface area (Å²) < 4.78 is 10.7. The average molecular weight is 245 g/mol. The zero-order valence-electron chi connectivity index (χ0n) is 11.4. The van der Waals surface area contributed by atoms with E-state index in [1.807, 2.05) is 20.9 Å². The number of likely N-dealkylation sites (N-methyl/N-ethyl adjacent to an activating group) is 2. The van der Waals surface area contributed by atoms with E-state index in [0.717, 1.165) is 12.5 Å². The molecule has 101 valence electrons. The van der Waals surface area contributed by atoms with Crippen LogP contribution in [0.1, 0.15) is 13.8 Å². The molecule has 0 atom stereocenters. The van der Waals surface area contributed by atoms with Crippen molar-refractivity contribution in [2.24, 2.45) is 0 Å². The number of nitrogens with zero attached hydrogens (tertiary/aromatic N) is 1. The van der Waals surface area contributed by atoms with Crippen molar-refractivity contribution >= 4 is 5.91 Å². The van der Waals surface area contributed by atoms with E-state index in [0.29, 0.717) is 33.0 Å². The molecular weight excluding hydrogens is 220 g/mol. The first-order chi connectivity index (χ1) is 8.09. The molecule has 0 aromatic heterocycles. The summed E-state index contributed by atoms with van der Waals surface area (Å²) >= 11 is 0. The van der Waals surface area contributed by atoms with E-state index in [-0.39, 0.29) is 5.91 Å². The van der Waals surface area contributed by atoms with Crippen LogP contribution in [0.25, 0.3) is 0 Å². The van der Waals surface area contributed by atoms with Crippen LogP contribution in [0.3, 0.4) is 0 Å². The van der Waals surface area contributed by atoms with Crippen LogP contribution in [0.15, 0.2) is 0 Å². The average Bonchev–Trinajstić information content (AvgIpc) is 2.31. The highest BCUT2D eigenvalue weighted by Crippen LogP contribution is 2.00. The molecule has 0 bridgehead atoms. The van der Waals surface area contributed by atoms with E-state index < -0.39 is 0 Å². The van der Waals surface area contributed by atoms with Crippen molar-refractivity contribution in [3.05, 3.63) is 5.92 Å². The standard InChI is InChI=1S/C12H25N2O3/c1-11(2)12(15)14(4)6-8-17-10-9-16-7-5-13-3/h13H,5-10H2,1-4H3. The highest BCUT2D eigenvalue weighted by Gasteiger charge is 2.12. The van der Waals surface area contributed by atoms with Crippen LogP contribution in [0.4, 0.5) is 0 Å². The van der Waals surface area contributed by atoms with Gasteiger partial charge in [0.05, 0.1) is 32.3 Å². The van der Waals surface area contributed by atoms with Crippen molar-refractivity contribution in [3.63, 3.8) is 0 Å². The number of carbonyl (C=O) groups is 1. The third-order valence-electron chi connectivity index (χ3n) is 2.21. The molecule has 1 amide bonds. The molecule has 0 spiro atoms. The molecule has 0 saturated carbocycles. The molecule has 0 aromatic carbocycles. The Labute approximate surface area is 104 Å². The lowest BCUT2D eigenvalue weighted by molar-refractivity contribution is -0.128. The Bertz CT molecular complexity index is 198. The summed E-state index contributed by atoms with van der Waals surface area (Å²) in [5, 5.41) is 3.00. The summed E-state index contributed by atoms with van der Waals surface area (Å²) in [6.07, 6.45) is 0. The topological polar surface area (TPSA) is 50.8 Å². The first-order valence-corrected chi connectivity index (χ1v) is 5.95. The number of hydrogen-bond donors (Lipinski definition) is 1. The summed E-state index contributed by atoms with van der Waals surface area (Å²) in [6, 6.07) is 0. The van der Waals surface area contributed by atoms with E-state index in [2.05, 4.69) is 5.32 Å². The molecule has 1 N–H and O–H groups in total. The molecule has 0 unspecified atom stereocenters. The van der Waals surface area contributed by atoms with E-state index in [1.54, 1.807) is 11.9 Å². The van der Waals surface area contributed by atoms with Crippen molar-refractivity contribution in [1.82, 2.24) is 10.2 Å². The smallest absolute Gasteiger partial charge is 0.229 e. The van der Waals surface area contributed by atoms with E-state index >= 15 is 0 Å². The van der Waals surface area contributed by atoms with Crippen molar-refractivity contribution in [2.45, 2.75) is 13.8 Å². The number of nitrogens with one attached hydrogen (secondary N) is 1. The second-order valence-corrected chi connectivity index (χ2v) is 4.06. The fourth-order valence-corrected chi connectivity index (χ4v) is 1.18. The van der Waals surface area contributed by atoms with Gasteiger partial charge in [0.1, 0.15) is 0 Å². The van der Waals surface area contributed by atoms with Gasteiger partial charge in [-0.3, -0.25) is 4.79 Å². The first kappa shape index (κ1) is 16.4. The van der Waals surface area contributed by atoms with E-state index in [4.69, 9.17) is 9.47 Å². The van der Waals surface area contributed by atoms with Crippen LogP contribution in [0, 0.1) is 5.92 Å². The van der Waals surface area contributed by atoms with Crippen LogP contribution in [0.2, 0.25) is 0 Å². The Kier molecular flexibility index (Phi) is 10.1. The maximum Gasteiger partial charge on any atom is 0.229 e. The van der Waals surface area contributed by atoms with Crippen LogP contribution in [0.5, 0.6) is 0 Å². The zero-order valence-corrected chi connectivity index (χ0v) is 11.4. The summed E-state index contributed by atoms with van der Waals surface area (Å²) in [5.41, 5.74) is 0. The Balaban J connectivity index is 3.30. The first-order valence-electron chi connectivity index (χ1n) is 5.95. The second kappa shape index (κ2) is 10.5. The molecule has 0 heterocycles. The zero-order chi connectivity index (χ0) is 13.1. The minimum Gasteiger partial charge on any atom is -0.378 e. The lowest BCUT2D eigenvalue weighted by Crippen LogP contribution is -2.32. The SMILES string of the molecule is CNCCOCCOCCN(C)C(=O)[C](C)C. The van der Waals surface area contributed by atoms with Crippen molar-refractivity contribution < 1.29 is 14.3 Å². The molecule has 0 aromatic rings. The summed E-state index contributed by atoms with van der Waals surface area (Å²) in [4.78, 5) is 13.1. The van der Waals surface area contributed by atoms with Gasteiger partial charge in [0.25, 0.3) is 0 Å². The molecule has 0 fully saturated rings. The van der Waals surface area contributed by atoms with Gasteiger partial charge in [-0.25, -0.2) is 0 Å². The quantitative estimate of drug-likeness (QED) is 0.563. The number of amides is 1. The van der Waals surface area contributed by atoms with Gasteiger partial charge in [-0.15, -0.1) is 0 Å².